The molecule has 7 nitrogen and oxygen atoms in total. The summed E-state index contributed by atoms with van der Waals surface area (Å²) in [6, 6.07) is 21.1. The lowest BCUT2D eigenvalue weighted by molar-refractivity contribution is 0.104. The van der Waals surface area contributed by atoms with Gasteiger partial charge in [-0.3, -0.25) is 4.79 Å². The number of allylic oxidation sites excluding steroid dienone is 3. The Morgan fingerprint density at radius 2 is 1.66 bits per heavy atom. The normalized spacial score (nSPS) is 13.6. The number of hydrogen-bond acceptors (Lipinski definition) is 7. The number of rotatable bonds is 2. The van der Waals surface area contributed by atoms with Crippen LogP contribution in [0.1, 0.15) is 27.4 Å². The number of furan rings is 1. The molecule has 0 amide bonds. The van der Waals surface area contributed by atoms with E-state index in [0.717, 1.165) is 5.56 Å². The highest BCUT2D eigenvalue weighted by Crippen LogP contribution is 2.40. The van der Waals surface area contributed by atoms with Gasteiger partial charge in [0.1, 0.15) is 23.5 Å². The second-order valence-electron chi connectivity index (χ2n) is 6.93. The van der Waals surface area contributed by atoms with Gasteiger partial charge in [-0.2, -0.15) is 20.8 Å². The van der Waals surface area contributed by atoms with E-state index in [1.807, 2.05) is 12.1 Å². The van der Waals surface area contributed by atoms with E-state index in [0.29, 0.717) is 28.0 Å². The van der Waals surface area contributed by atoms with Gasteiger partial charge in [0, 0.05) is 34.4 Å². The molecule has 0 spiro atoms. The summed E-state index contributed by atoms with van der Waals surface area (Å²) in [6.45, 7) is 0. The molecule has 7 heteroatoms. The molecule has 4 aromatic rings. The molecule has 0 aliphatic heterocycles. The van der Waals surface area contributed by atoms with E-state index in [4.69, 9.17) is 14.1 Å². The summed E-state index contributed by atoms with van der Waals surface area (Å²) >= 11 is 0. The van der Waals surface area contributed by atoms with Crippen LogP contribution >= 0.6 is 0 Å². The number of nitriles is 3. The van der Waals surface area contributed by atoms with E-state index in [-0.39, 0.29) is 34.1 Å². The summed E-state index contributed by atoms with van der Waals surface area (Å²) < 4.78 is 11.5. The zero-order valence-electron chi connectivity index (χ0n) is 16.3. The number of Topliss-reactive ketones (excluding diaryl/α,β-unsaturated/α-hetero) is 1. The molecule has 0 unspecified atom stereocenters. The van der Waals surface area contributed by atoms with Gasteiger partial charge in [0.25, 0.3) is 5.71 Å². The smallest absolute Gasteiger partial charge is 0.266 e. The summed E-state index contributed by atoms with van der Waals surface area (Å²) in [5, 5.41) is 27.7. The third kappa shape index (κ3) is 2.89. The van der Waals surface area contributed by atoms with Crippen molar-refractivity contribution in [2.24, 2.45) is 0 Å². The molecule has 2 aromatic heterocycles. The molecule has 0 N–H and O–H groups in total. The molecule has 0 saturated carbocycles. The quantitative estimate of drug-likeness (QED) is 0.332. The van der Waals surface area contributed by atoms with Crippen molar-refractivity contribution in [3.63, 3.8) is 0 Å². The fraction of sp³-hybridized carbons (Fsp3) is 0. The SMILES string of the molecule is N#CC(C#N)=C1/C(=C/c2nc3oc(-c4ccc(C#N)cc4)cc3o2)C(=O)c2ccccc21. The predicted octanol–water partition coefficient (Wildman–Crippen LogP) is 5.04. The van der Waals surface area contributed by atoms with Gasteiger partial charge < -0.3 is 8.83 Å². The molecule has 0 bridgehead atoms. The van der Waals surface area contributed by atoms with Crippen molar-refractivity contribution in [3.05, 3.63) is 88.3 Å². The van der Waals surface area contributed by atoms with Crippen LogP contribution < -0.4 is 0 Å². The Morgan fingerprint density at radius 3 is 2.31 bits per heavy atom. The summed E-state index contributed by atoms with van der Waals surface area (Å²) in [7, 11) is 0. The monoisotopic (exact) mass is 414 g/mol. The van der Waals surface area contributed by atoms with E-state index in [1.165, 1.54) is 6.08 Å². The first-order valence-corrected chi connectivity index (χ1v) is 9.44. The zero-order valence-corrected chi connectivity index (χ0v) is 16.3. The topological polar surface area (TPSA) is 128 Å². The molecular weight excluding hydrogens is 404 g/mol. The maximum Gasteiger partial charge on any atom is 0.266 e. The molecule has 0 saturated heterocycles. The third-order valence-electron chi connectivity index (χ3n) is 5.10. The fourth-order valence-corrected chi connectivity index (χ4v) is 3.63. The molecule has 0 atom stereocenters. The number of nitrogens with zero attached hydrogens (tertiary/aromatic N) is 4. The zero-order chi connectivity index (χ0) is 22.2. The highest BCUT2D eigenvalue weighted by atomic mass is 16.4. The summed E-state index contributed by atoms with van der Waals surface area (Å²) in [4.78, 5) is 17.3. The number of benzene rings is 2. The first-order chi connectivity index (χ1) is 15.6. The first kappa shape index (κ1) is 18.8. The van der Waals surface area contributed by atoms with E-state index in [1.54, 1.807) is 54.6 Å². The van der Waals surface area contributed by atoms with Crippen molar-refractivity contribution in [2.45, 2.75) is 0 Å². The Kier molecular flexibility index (Phi) is 4.26. The maximum atomic E-state index is 13.0. The van der Waals surface area contributed by atoms with Gasteiger partial charge in [0.2, 0.25) is 5.89 Å². The Labute approximate surface area is 181 Å². The number of oxazole rings is 1. The number of fused-ring (bicyclic) bond motifs is 2. The average Bonchev–Trinajstić information content (AvgIpc) is 3.47. The van der Waals surface area contributed by atoms with Gasteiger partial charge in [0.05, 0.1) is 11.6 Å². The van der Waals surface area contributed by atoms with E-state index in [2.05, 4.69) is 11.1 Å². The van der Waals surface area contributed by atoms with Crippen molar-refractivity contribution >= 4 is 28.7 Å². The lowest BCUT2D eigenvalue weighted by Crippen LogP contribution is -1.96. The van der Waals surface area contributed by atoms with Gasteiger partial charge >= 0.3 is 0 Å². The van der Waals surface area contributed by atoms with Gasteiger partial charge in [-0.15, -0.1) is 0 Å². The summed E-state index contributed by atoms with van der Waals surface area (Å²) in [6.07, 6.45) is 1.42. The van der Waals surface area contributed by atoms with Crippen molar-refractivity contribution < 1.29 is 13.6 Å². The Hall–Kier alpha value is -5.19. The van der Waals surface area contributed by atoms with Crippen LogP contribution in [0.4, 0.5) is 0 Å². The lowest BCUT2D eigenvalue weighted by Gasteiger charge is -2.00. The van der Waals surface area contributed by atoms with E-state index in [9.17, 15) is 15.3 Å². The van der Waals surface area contributed by atoms with Crippen LogP contribution in [-0.4, -0.2) is 10.8 Å². The number of ketones is 1. The molecule has 5 rings (SSSR count). The van der Waals surface area contributed by atoms with Crippen LogP contribution in [0.3, 0.4) is 0 Å². The van der Waals surface area contributed by atoms with Gasteiger partial charge in [0.15, 0.2) is 11.4 Å². The molecule has 1 aliphatic rings. The third-order valence-corrected chi connectivity index (χ3v) is 5.10. The Balaban J connectivity index is 1.58. The van der Waals surface area contributed by atoms with Crippen LogP contribution in [-0.2, 0) is 0 Å². The standard InChI is InChI=1S/C25H10N4O3/c26-11-14-5-7-15(8-6-14)20-10-21-25(32-20)29-22(31-21)9-19-23(16(12-27)13-28)17-3-1-2-4-18(17)24(19)30/h1-10H/b19-9-. The first-order valence-electron chi connectivity index (χ1n) is 9.44. The van der Waals surface area contributed by atoms with Crippen molar-refractivity contribution in [1.82, 2.24) is 4.98 Å². The second-order valence-corrected chi connectivity index (χ2v) is 6.93. The molecule has 2 heterocycles. The van der Waals surface area contributed by atoms with Crippen LogP contribution in [0, 0.1) is 34.0 Å². The maximum absolute atomic E-state index is 13.0. The minimum Gasteiger partial charge on any atom is -0.435 e. The van der Waals surface area contributed by atoms with Gasteiger partial charge in [-0.25, -0.2) is 0 Å². The van der Waals surface area contributed by atoms with Gasteiger partial charge in [-0.1, -0.05) is 24.3 Å². The second kappa shape index (κ2) is 7.25. The molecule has 2 aromatic carbocycles. The van der Waals surface area contributed by atoms with Crippen molar-refractivity contribution in [1.29, 1.82) is 15.8 Å². The minimum absolute atomic E-state index is 0.119. The molecule has 148 valence electrons. The molecule has 1 aliphatic carbocycles. The minimum atomic E-state index is -0.313. The van der Waals surface area contributed by atoms with Crippen molar-refractivity contribution in [2.75, 3.05) is 0 Å². The molecule has 32 heavy (non-hydrogen) atoms. The summed E-state index contributed by atoms with van der Waals surface area (Å²) in [5.74, 6) is 0.330. The number of hydrogen-bond donors (Lipinski definition) is 0. The molecule has 0 fully saturated rings. The Bertz CT molecular complexity index is 1560. The number of carbonyl (C=O) groups is 1. The highest BCUT2D eigenvalue weighted by molar-refractivity contribution is 6.29. The van der Waals surface area contributed by atoms with E-state index < -0.39 is 0 Å². The molecular formula is C25H10N4O3. The van der Waals surface area contributed by atoms with E-state index >= 15 is 0 Å². The van der Waals surface area contributed by atoms with Crippen LogP contribution in [0.25, 0.3) is 34.3 Å². The van der Waals surface area contributed by atoms with Crippen LogP contribution in [0.5, 0.6) is 0 Å². The van der Waals surface area contributed by atoms with Crippen LogP contribution in [0.2, 0.25) is 0 Å². The number of aromatic nitrogens is 1. The highest BCUT2D eigenvalue weighted by Gasteiger charge is 2.32. The van der Waals surface area contributed by atoms with Gasteiger partial charge in [-0.05, 0) is 29.8 Å². The van der Waals surface area contributed by atoms with Crippen LogP contribution in [0.15, 0.2) is 74.6 Å². The Morgan fingerprint density at radius 1 is 0.938 bits per heavy atom. The average molecular weight is 414 g/mol. The largest absolute Gasteiger partial charge is 0.435 e. The molecule has 0 radical (unpaired) electrons. The predicted molar refractivity (Wildman–Crippen MR) is 113 cm³/mol. The number of carbonyl (C=O) groups excluding carboxylic acids is 1. The summed E-state index contributed by atoms with van der Waals surface area (Å²) in [5.41, 5.74) is 3.14. The van der Waals surface area contributed by atoms with Crippen molar-refractivity contribution in [3.8, 4) is 29.5 Å². The lowest BCUT2D eigenvalue weighted by atomic mass is 9.99. The fourth-order valence-electron chi connectivity index (χ4n) is 3.63.